The fraction of sp³-hybridized carbons (Fsp3) is 0.778. The molecule has 94 valence electrons. The molecule has 0 radical (unpaired) electrons. The quantitative estimate of drug-likeness (QED) is 0.842. The van der Waals surface area contributed by atoms with Crippen LogP contribution in [0.5, 0.6) is 0 Å². The van der Waals surface area contributed by atoms with E-state index in [1.807, 2.05) is 0 Å². The summed E-state index contributed by atoms with van der Waals surface area (Å²) in [6.07, 6.45) is -0.0709. The first-order valence-electron chi connectivity index (χ1n) is 5.39. The first-order chi connectivity index (χ1) is 7.98. The molecule has 1 aliphatic rings. The maximum Gasteiger partial charge on any atom is 0.249 e. The summed E-state index contributed by atoms with van der Waals surface area (Å²) in [7, 11) is 1.59. The fourth-order valence-electron chi connectivity index (χ4n) is 1.85. The molecule has 17 heavy (non-hydrogen) atoms. The van der Waals surface area contributed by atoms with E-state index in [9.17, 15) is 13.6 Å². The first-order valence-corrected chi connectivity index (χ1v) is 5.39. The van der Waals surface area contributed by atoms with Gasteiger partial charge in [0.15, 0.2) is 0 Å². The summed E-state index contributed by atoms with van der Waals surface area (Å²) in [5, 5.41) is 13.1. The fourth-order valence-corrected chi connectivity index (χ4v) is 1.85. The van der Waals surface area contributed by atoms with Gasteiger partial charge in [-0.05, 0) is 23.3 Å². The van der Waals surface area contributed by atoms with E-state index < -0.39 is 5.92 Å². The molecule has 8 heteroatoms. The third kappa shape index (κ3) is 2.75. The molecule has 0 saturated heterocycles. The maximum atomic E-state index is 12.9. The van der Waals surface area contributed by atoms with Gasteiger partial charge in [-0.2, -0.15) is 0 Å². The van der Waals surface area contributed by atoms with E-state index in [1.165, 1.54) is 4.68 Å². The summed E-state index contributed by atoms with van der Waals surface area (Å²) < 4.78 is 27.1. The van der Waals surface area contributed by atoms with E-state index in [1.54, 1.807) is 7.05 Å². The van der Waals surface area contributed by atoms with Gasteiger partial charge in [0.2, 0.25) is 17.8 Å². The van der Waals surface area contributed by atoms with Crippen molar-refractivity contribution in [2.45, 2.75) is 31.6 Å². The van der Waals surface area contributed by atoms with Gasteiger partial charge in [0.25, 0.3) is 0 Å². The standard InChI is InChI=1S/C9H13F2N5O/c1-16-8(13-14-15-16)12-7(17)6-2-4-9(10,11)5-3-6/h6H,2-5H2,1H3,(H,12,13,15,17). The van der Waals surface area contributed by atoms with Crippen molar-refractivity contribution in [3.8, 4) is 0 Å². The molecule has 1 aliphatic carbocycles. The van der Waals surface area contributed by atoms with Crippen LogP contribution in [0.1, 0.15) is 25.7 Å². The van der Waals surface area contributed by atoms with Crippen LogP contribution in [0.15, 0.2) is 0 Å². The van der Waals surface area contributed by atoms with Crippen molar-refractivity contribution in [3.63, 3.8) is 0 Å². The highest BCUT2D eigenvalue weighted by molar-refractivity contribution is 5.90. The number of carbonyl (C=O) groups excluding carboxylic acids is 1. The molecule has 0 spiro atoms. The van der Waals surface area contributed by atoms with E-state index in [-0.39, 0.29) is 43.5 Å². The number of hydrogen-bond acceptors (Lipinski definition) is 4. The lowest BCUT2D eigenvalue weighted by atomic mass is 9.86. The van der Waals surface area contributed by atoms with E-state index in [4.69, 9.17) is 0 Å². The van der Waals surface area contributed by atoms with Crippen LogP contribution in [0.3, 0.4) is 0 Å². The Morgan fingerprint density at radius 1 is 1.47 bits per heavy atom. The summed E-state index contributed by atoms with van der Waals surface area (Å²) in [6.45, 7) is 0. The van der Waals surface area contributed by atoms with Gasteiger partial charge in [-0.15, -0.1) is 0 Å². The second-order valence-electron chi connectivity index (χ2n) is 4.25. The number of nitrogens with zero attached hydrogens (tertiary/aromatic N) is 4. The van der Waals surface area contributed by atoms with Crippen LogP contribution in [0.25, 0.3) is 0 Å². The van der Waals surface area contributed by atoms with Crippen molar-refractivity contribution in [1.29, 1.82) is 0 Å². The van der Waals surface area contributed by atoms with Crippen molar-refractivity contribution in [2.24, 2.45) is 13.0 Å². The molecule has 0 atom stereocenters. The minimum absolute atomic E-state index is 0.199. The summed E-state index contributed by atoms with van der Waals surface area (Å²) in [5.74, 6) is -3.07. The summed E-state index contributed by atoms with van der Waals surface area (Å²) >= 11 is 0. The lowest BCUT2D eigenvalue weighted by Crippen LogP contribution is -2.32. The number of amides is 1. The Morgan fingerprint density at radius 2 is 2.12 bits per heavy atom. The van der Waals surface area contributed by atoms with Gasteiger partial charge in [-0.3, -0.25) is 10.1 Å². The molecule has 1 aromatic rings. The number of carbonyl (C=O) groups is 1. The zero-order valence-electron chi connectivity index (χ0n) is 9.36. The van der Waals surface area contributed by atoms with Crippen molar-refractivity contribution < 1.29 is 13.6 Å². The minimum atomic E-state index is -2.62. The van der Waals surface area contributed by atoms with Crippen molar-refractivity contribution in [3.05, 3.63) is 0 Å². The van der Waals surface area contributed by atoms with Gasteiger partial charge in [-0.25, -0.2) is 13.5 Å². The van der Waals surface area contributed by atoms with E-state index in [0.29, 0.717) is 0 Å². The lowest BCUT2D eigenvalue weighted by Gasteiger charge is -2.27. The van der Waals surface area contributed by atoms with Gasteiger partial charge in [0.1, 0.15) is 0 Å². The van der Waals surface area contributed by atoms with Crippen LogP contribution in [-0.4, -0.2) is 32.0 Å². The van der Waals surface area contributed by atoms with Gasteiger partial charge in [-0.1, -0.05) is 5.10 Å². The molecule has 2 rings (SSSR count). The molecule has 0 unspecified atom stereocenters. The second-order valence-corrected chi connectivity index (χ2v) is 4.25. The molecule has 1 N–H and O–H groups in total. The molecule has 1 aromatic heterocycles. The molecule has 0 aliphatic heterocycles. The number of halogens is 2. The number of nitrogens with one attached hydrogen (secondary N) is 1. The zero-order chi connectivity index (χ0) is 12.5. The molecule has 6 nitrogen and oxygen atoms in total. The highest BCUT2D eigenvalue weighted by atomic mass is 19.3. The zero-order valence-corrected chi connectivity index (χ0v) is 9.36. The van der Waals surface area contributed by atoms with E-state index >= 15 is 0 Å². The Balaban J connectivity index is 1.92. The number of anilines is 1. The lowest BCUT2D eigenvalue weighted by molar-refractivity contribution is -0.124. The number of alkyl halides is 2. The Hall–Kier alpha value is -1.60. The van der Waals surface area contributed by atoms with Crippen LogP contribution in [0, 0.1) is 5.92 Å². The van der Waals surface area contributed by atoms with Gasteiger partial charge in [0, 0.05) is 25.8 Å². The normalized spacial score (nSPS) is 20.2. The number of hydrogen-bond donors (Lipinski definition) is 1. The summed E-state index contributed by atoms with van der Waals surface area (Å²) in [5.41, 5.74) is 0. The van der Waals surface area contributed by atoms with Crippen LogP contribution < -0.4 is 5.32 Å². The Kier molecular flexibility index (Phi) is 3.03. The maximum absolute atomic E-state index is 12.9. The van der Waals surface area contributed by atoms with Gasteiger partial charge in [0.05, 0.1) is 0 Å². The first kappa shape index (κ1) is 11.9. The topological polar surface area (TPSA) is 72.7 Å². The van der Waals surface area contributed by atoms with Gasteiger partial charge < -0.3 is 0 Å². The van der Waals surface area contributed by atoms with Crippen LogP contribution in [0.4, 0.5) is 14.7 Å². The number of tetrazole rings is 1. The van der Waals surface area contributed by atoms with Crippen molar-refractivity contribution in [2.75, 3.05) is 5.32 Å². The second kappa shape index (κ2) is 4.34. The van der Waals surface area contributed by atoms with Crippen molar-refractivity contribution >= 4 is 11.9 Å². The average Bonchev–Trinajstić information content (AvgIpc) is 2.64. The molecule has 1 fully saturated rings. The largest absolute Gasteiger partial charge is 0.293 e. The van der Waals surface area contributed by atoms with Crippen molar-refractivity contribution in [1.82, 2.24) is 20.2 Å². The summed E-state index contributed by atoms with van der Waals surface area (Å²) in [4.78, 5) is 11.8. The smallest absolute Gasteiger partial charge is 0.249 e. The third-order valence-corrected chi connectivity index (χ3v) is 2.94. The van der Waals surface area contributed by atoms with E-state index in [0.717, 1.165) is 0 Å². The number of aryl methyl sites for hydroxylation is 1. The van der Waals surface area contributed by atoms with Crippen LogP contribution in [0.2, 0.25) is 0 Å². The number of aromatic nitrogens is 4. The predicted octanol–water partition coefficient (Wildman–Crippen LogP) is 0.974. The Labute approximate surface area is 96.4 Å². The predicted molar refractivity (Wildman–Crippen MR) is 54.3 cm³/mol. The molecule has 1 heterocycles. The molecule has 1 saturated carbocycles. The highest BCUT2D eigenvalue weighted by Crippen LogP contribution is 2.36. The van der Waals surface area contributed by atoms with Crippen LogP contribution in [-0.2, 0) is 11.8 Å². The van der Waals surface area contributed by atoms with Gasteiger partial charge >= 0.3 is 0 Å². The third-order valence-electron chi connectivity index (χ3n) is 2.94. The molecular formula is C9H13F2N5O. The monoisotopic (exact) mass is 245 g/mol. The number of rotatable bonds is 2. The average molecular weight is 245 g/mol. The Morgan fingerprint density at radius 3 is 2.65 bits per heavy atom. The molecule has 0 bridgehead atoms. The summed E-state index contributed by atoms with van der Waals surface area (Å²) in [6, 6.07) is 0. The molecule has 0 aromatic carbocycles. The minimum Gasteiger partial charge on any atom is -0.293 e. The molecule has 1 amide bonds. The molecular weight excluding hydrogens is 232 g/mol. The highest BCUT2D eigenvalue weighted by Gasteiger charge is 2.37. The van der Waals surface area contributed by atoms with Crippen LogP contribution >= 0.6 is 0 Å². The SMILES string of the molecule is Cn1nnnc1NC(=O)C1CCC(F)(F)CC1. The van der Waals surface area contributed by atoms with E-state index in [2.05, 4.69) is 20.8 Å². The Bertz CT molecular complexity index is 409.